The van der Waals surface area contributed by atoms with Crippen LogP contribution in [-0.4, -0.2) is 16.0 Å². The highest BCUT2D eigenvalue weighted by Gasteiger charge is 2.11. The number of nitrogens with one attached hydrogen (secondary N) is 1. The number of rotatable bonds is 8. The van der Waals surface area contributed by atoms with Crippen molar-refractivity contribution in [1.29, 1.82) is 0 Å². The number of thiophene rings is 1. The Morgan fingerprint density at radius 1 is 1.08 bits per heavy atom. The molecule has 1 atom stereocenters. The van der Waals surface area contributed by atoms with Gasteiger partial charge in [0.15, 0.2) is 0 Å². The third kappa shape index (κ3) is 4.12. The van der Waals surface area contributed by atoms with Crippen molar-refractivity contribution in [3.8, 4) is 10.4 Å². The lowest BCUT2D eigenvalue weighted by Crippen LogP contribution is -2.16. The summed E-state index contributed by atoms with van der Waals surface area (Å²) in [5.41, 5.74) is 1.24. The Kier molecular flexibility index (Phi) is 5.81. The Morgan fingerprint density at radius 2 is 1.92 bits per heavy atom. The molecule has 0 saturated carbocycles. The van der Waals surface area contributed by atoms with Gasteiger partial charge in [-0.25, -0.2) is 9.97 Å². The lowest BCUT2D eigenvalue weighted by atomic mass is 10.1. The van der Waals surface area contributed by atoms with Crippen molar-refractivity contribution in [3.05, 3.63) is 42.7 Å². The molecule has 126 valence electrons. The minimum absolute atomic E-state index is 0.431. The van der Waals surface area contributed by atoms with Crippen molar-refractivity contribution in [2.24, 2.45) is 0 Å². The molecule has 2 aromatic heterocycles. The summed E-state index contributed by atoms with van der Waals surface area (Å²) in [6.45, 7) is 4.49. The van der Waals surface area contributed by atoms with Gasteiger partial charge in [-0.1, -0.05) is 62.9 Å². The van der Waals surface area contributed by atoms with E-state index in [2.05, 4.69) is 59.5 Å². The molecular formula is C20H25N3S. The summed E-state index contributed by atoms with van der Waals surface area (Å²) in [6, 6.07) is 13.1. The van der Waals surface area contributed by atoms with Gasteiger partial charge in [-0.05, 0) is 25.0 Å². The highest BCUT2D eigenvalue weighted by molar-refractivity contribution is 7.21. The number of fused-ring (bicyclic) bond motifs is 1. The number of hydrogen-bond donors (Lipinski definition) is 1. The molecule has 0 amide bonds. The first-order valence-electron chi connectivity index (χ1n) is 8.84. The van der Waals surface area contributed by atoms with Crippen molar-refractivity contribution in [2.45, 2.75) is 52.0 Å². The van der Waals surface area contributed by atoms with Crippen LogP contribution in [0.25, 0.3) is 20.7 Å². The van der Waals surface area contributed by atoms with E-state index in [0.717, 1.165) is 16.0 Å². The van der Waals surface area contributed by atoms with Crippen LogP contribution in [0.2, 0.25) is 0 Å². The first-order chi connectivity index (χ1) is 11.8. The molecule has 3 nitrogen and oxygen atoms in total. The van der Waals surface area contributed by atoms with E-state index in [0.29, 0.717) is 6.04 Å². The average molecular weight is 340 g/mol. The Labute approximate surface area is 148 Å². The van der Waals surface area contributed by atoms with Crippen LogP contribution >= 0.6 is 11.3 Å². The van der Waals surface area contributed by atoms with Crippen LogP contribution in [0.5, 0.6) is 0 Å². The molecule has 0 radical (unpaired) electrons. The highest BCUT2D eigenvalue weighted by Crippen LogP contribution is 2.35. The molecule has 0 aliphatic heterocycles. The van der Waals surface area contributed by atoms with Crippen LogP contribution in [0.3, 0.4) is 0 Å². The predicted molar refractivity (Wildman–Crippen MR) is 105 cm³/mol. The molecule has 1 aromatic carbocycles. The SMILES string of the molecule is CCCCCC[C@H](C)Nc1ncnc2sc(-c3ccccc3)cc12. The highest BCUT2D eigenvalue weighted by atomic mass is 32.1. The maximum Gasteiger partial charge on any atom is 0.138 e. The second-order valence-corrected chi connectivity index (χ2v) is 7.34. The van der Waals surface area contributed by atoms with Gasteiger partial charge in [0.2, 0.25) is 0 Å². The summed E-state index contributed by atoms with van der Waals surface area (Å²) in [7, 11) is 0. The van der Waals surface area contributed by atoms with E-state index in [9.17, 15) is 0 Å². The van der Waals surface area contributed by atoms with Crippen molar-refractivity contribution in [3.63, 3.8) is 0 Å². The molecule has 0 spiro atoms. The largest absolute Gasteiger partial charge is 0.367 e. The van der Waals surface area contributed by atoms with E-state index in [1.165, 1.54) is 42.5 Å². The van der Waals surface area contributed by atoms with Crippen molar-refractivity contribution in [2.75, 3.05) is 5.32 Å². The van der Waals surface area contributed by atoms with Crippen LogP contribution < -0.4 is 5.32 Å². The zero-order valence-corrected chi connectivity index (χ0v) is 15.3. The third-order valence-electron chi connectivity index (χ3n) is 4.26. The normalized spacial score (nSPS) is 12.4. The molecule has 2 heterocycles. The van der Waals surface area contributed by atoms with Gasteiger partial charge >= 0.3 is 0 Å². The maximum atomic E-state index is 4.48. The smallest absolute Gasteiger partial charge is 0.138 e. The summed E-state index contributed by atoms with van der Waals surface area (Å²) in [6.07, 6.45) is 8.05. The minimum Gasteiger partial charge on any atom is -0.367 e. The fraction of sp³-hybridized carbons (Fsp3) is 0.400. The Hall–Kier alpha value is -1.94. The van der Waals surface area contributed by atoms with E-state index >= 15 is 0 Å². The van der Waals surface area contributed by atoms with Gasteiger partial charge in [0, 0.05) is 10.9 Å². The van der Waals surface area contributed by atoms with Gasteiger partial charge in [-0.2, -0.15) is 0 Å². The van der Waals surface area contributed by atoms with Gasteiger partial charge < -0.3 is 5.32 Å². The zero-order chi connectivity index (χ0) is 16.8. The molecule has 0 aliphatic rings. The molecule has 3 aromatic rings. The summed E-state index contributed by atoms with van der Waals surface area (Å²) in [5.74, 6) is 0.960. The standard InChI is InChI=1S/C20H25N3S/c1-3-4-5-7-10-15(2)23-19-17-13-18(16-11-8-6-9-12-16)24-20(17)22-14-21-19/h6,8-9,11-15H,3-5,7,10H2,1-2H3,(H,21,22,23)/t15-/m0/s1. The maximum absolute atomic E-state index is 4.48. The van der Waals surface area contributed by atoms with Gasteiger partial charge in [0.05, 0.1) is 5.39 Å². The molecule has 0 unspecified atom stereocenters. The molecule has 4 heteroatoms. The number of benzene rings is 1. The van der Waals surface area contributed by atoms with Gasteiger partial charge in [0.1, 0.15) is 17.0 Å². The Morgan fingerprint density at radius 3 is 2.71 bits per heavy atom. The van der Waals surface area contributed by atoms with Crippen molar-refractivity contribution in [1.82, 2.24) is 9.97 Å². The topological polar surface area (TPSA) is 37.8 Å². The van der Waals surface area contributed by atoms with Crippen LogP contribution in [0.15, 0.2) is 42.7 Å². The molecule has 0 aliphatic carbocycles. The number of anilines is 1. The van der Waals surface area contributed by atoms with Crippen LogP contribution in [0.4, 0.5) is 5.82 Å². The molecule has 0 fully saturated rings. The monoisotopic (exact) mass is 339 g/mol. The molecule has 1 N–H and O–H groups in total. The number of aromatic nitrogens is 2. The molecule has 0 saturated heterocycles. The Balaban J connectivity index is 1.75. The van der Waals surface area contributed by atoms with E-state index in [1.807, 2.05) is 6.07 Å². The fourth-order valence-corrected chi connectivity index (χ4v) is 3.90. The fourth-order valence-electron chi connectivity index (χ4n) is 2.90. The molecule has 0 bridgehead atoms. The van der Waals surface area contributed by atoms with Crippen LogP contribution in [-0.2, 0) is 0 Å². The first kappa shape index (κ1) is 16.9. The minimum atomic E-state index is 0.431. The number of nitrogens with zero attached hydrogens (tertiary/aromatic N) is 2. The number of hydrogen-bond acceptors (Lipinski definition) is 4. The predicted octanol–water partition coefficient (Wildman–Crippen LogP) is 6.13. The molecule has 24 heavy (non-hydrogen) atoms. The molecule has 3 rings (SSSR count). The quantitative estimate of drug-likeness (QED) is 0.502. The van der Waals surface area contributed by atoms with Crippen LogP contribution in [0.1, 0.15) is 46.0 Å². The second kappa shape index (κ2) is 8.25. The lowest BCUT2D eigenvalue weighted by molar-refractivity contribution is 0.593. The van der Waals surface area contributed by atoms with Gasteiger partial charge in [-0.15, -0.1) is 11.3 Å². The lowest BCUT2D eigenvalue weighted by Gasteiger charge is -2.14. The van der Waals surface area contributed by atoms with E-state index < -0.39 is 0 Å². The van der Waals surface area contributed by atoms with E-state index in [4.69, 9.17) is 0 Å². The third-order valence-corrected chi connectivity index (χ3v) is 5.35. The van der Waals surface area contributed by atoms with Gasteiger partial charge in [-0.3, -0.25) is 0 Å². The zero-order valence-electron chi connectivity index (χ0n) is 14.5. The summed E-state index contributed by atoms with van der Waals surface area (Å²) >= 11 is 1.72. The average Bonchev–Trinajstić information content (AvgIpc) is 3.05. The van der Waals surface area contributed by atoms with Crippen molar-refractivity contribution < 1.29 is 0 Å². The van der Waals surface area contributed by atoms with E-state index in [-0.39, 0.29) is 0 Å². The molecular weight excluding hydrogens is 314 g/mol. The van der Waals surface area contributed by atoms with Gasteiger partial charge in [0.25, 0.3) is 0 Å². The first-order valence-corrected chi connectivity index (χ1v) is 9.66. The van der Waals surface area contributed by atoms with Crippen LogP contribution in [0, 0.1) is 0 Å². The second-order valence-electron chi connectivity index (χ2n) is 6.31. The van der Waals surface area contributed by atoms with Crippen molar-refractivity contribution >= 4 is 27.4 Å². The Bertz CT molecular complexity index is 767. The number of unbranched alkanes of at least 4 members (excludes halogenated alkanes) is 3. The summed E-state index contributed by atoms with van der Waals surface area (Å²) in [5, 5.41) is 4.71. The summed E-state index contributed by atoms with van der Waals surface area (Å²) in [4.78, 5) is 11.2. The van der Waals surface area contributed by atoms with E-state index in [1.54, 1.807) is 17.7 Å². The summed E-state index contributed by atoms with van der Waals surface area (Å²) < 4.78 is 0.